The van der Waals surface area contributed by atoms with Crippen LogP contribution in [-0.4, -0.2) is 19.1 Å². The van der Waals surface area contributed by atoms with Gasteiger partial charge in [0.1, 0.15) is 0 Å². The average Bonchev–Trinajstić information content (AvgIpc) is 2.30. The van der Waals surface area contributed by atoms with Gasteiger partial charge in [-0.15, -0.1) is 0 Å². The molecule has 0 bridgehead atoms. The molecule has 0 spiro atoms. The molecule has 1 heterocycles. The van der Waals surface area contributed by atoms with Crippen molar-refractivity contribution in [3.05, 3.63) is 35.7 Å². The summed E-state index contributed by atoms with van der Waals surface area (Å²) < 4.78 is 0. The second kappa shape index (κ2) is 4.33. The summed E-state index contributed by atoms with van der Waals surface area (Å²) in [5.41, 5.74) is 7.66. The summed E-state index contributed by atoms with van der Waals surface area (Å²) in [6, 6.07) is 8.12. The SMILES string of the molecule is [C-]#[N+]c1ccccc1N1CCC(N)CC1. The number of nitrogens with two attached hydrogens (primary N) is 1. The molecule has 2 rings (SSSR count). The van der Waals surface area contributed by atoms with E-state index in [9.17, 15) is 0 Å². The quantitative estimate of drug-likeness (QED) is 0.706. The molecule has 15 heavy (non-hydrogen) atoms. The van der Waals surface area contributed by atoms with Crippen LogP contribution < -0.4 is 10.6 Å². The molecule has 1 fully saturated rings. The van der Waals surface area contributed by atoms with E-state index in [1.54, 1.807) is 0 Å². The van der Waals surface area contributed by atoms with Crippen LogP contribution in [0.4, 0.5) is 11.4 Å². The fourth-order valence-corrected chi connectivity index (χ4v) is 1.97. The van der Waals surface area contributed by atoms with Gasteiger partial charge in [0.05, 0.1) is 6.57 Å². The Bertz CT molecular complexity index is 373. The lowest BCUT2D eigenvalue weighted by molar-refractivity contribution is 0.501. The third-order valence-electron chi connectivity index (χ3n) is 2.88. The third kappa shape index (κ3) is 2.11. The van der Waals surface area contributed by atoms with E-state index in [4.69, 9.17) is 12.3 Å². The Morgan fingerprint density at radius 3 is 2.60 bits per heavy atom. The molecule has 1 saturated heterocycles. The Balaban J connectivity index is 2.19. The molecule has 3 nitrogen and oxygen atoms in total. The summed E-state index contributed by atoms with van der Waals surface area (Å²) in [6.45, 7) is 9.05. The smallest absolute Gasteiger partial charge is 0.209 e. The summed E-state index contributed by atoms with van der Waals surface area (Å²) >= 11 is 0. The van der Waals surface area contributed by atoms with Crippen LogP contribution in [0, 0.1) is 6.57 Å². The lowest BCUT2D eigenvalue weighted by Crippen LogP contribution is -2.39. The Kier molecular flexibility index (Phi) is 2.89. The van der Waals surface area contributed by atoms with Gasteiger partial charge in [-0.1, -0.05) is 18.2 Å². The summed E-state index contributed by atoms with van der Waals surface area (Å²) in [5.74, 6) is 0. The second-order valence-corrected chi connectivity index (χ2v) is 3.92. The minimum absolute atomic E-state index is 0.335. The Morgan fingerprint density at radius 2 is 1.93 bits per heavy atom. The molecule has 0 atom stereocenters. The Hall–Kier alpha value is -1.53. The largest absolute Gasteiger partial charge is 0.380 e. The maximum absolute atomic E-state index is 7.12. The Morgan fingerprint density at radius 1 is 1.27 bits per heavy atom. The molecule has 0 aromatic heterocycles. The molecule has 1 aliphatic rings. The average molecular weight is 201 g/mol. The zero-order valence-electron chi connectivity index (χ0n) is 8.69. The lowest BCUT2D eigenvalue weighted by atomic mass is 10.1. The number of benzene rings is 1. The maximum Gasteiger partial charge on any atom is 0.209 e. The topological polar surface area (TPSA) is 33.6 Å². The van der Waals surface area contributed by atoms with Crippen LogP contribution in [0.3, 0.4) is 0 Å². The van der Waals surface area contributed by atoms with Crippen LogP contribution in [0.1, 0.15) is 12.8 Å². The van der Waals surface area contributed by atoms with Crippen molar-refractivity contribution in [3.8, 4) is 0 Å². The molecule has 1 aromatic rings. The lowest BCUT2D eigenvalue weighted by Gasteiger charge is -2.32. The molecular weight excluding hydrogens is 186 g/mol. The van der Waals surface area contributed by atoms with Crippen LogP contribution in [0.5, 0.6) is 0 Å². The van der Waals surface area contributed by atoms with Crippen molar-refractivity contribution in [2.45, 2.75) is 18.9 Å². The molecule has 0 unspecified atom stereocenters. The van der Waals surface area contributed by atoms with Gasteiger partial charge in [-0.05, 0) is 18.9 Å². The van der Waals surface area contributed by atoms with Gasteiger partial charge in [-0.2, -0.15) is 0 Å². The maximum atomic E-state index is 7.12. The number of para-hydroxylation sites is 2. The zero-order valence-corrected chi connectivity index (χ0v) is 8.69. The van der Waals surface area contributed by atoms with Gasteiger partial charge in [-0.25, -0.2) is 4.85 Å². The first-order valence-electron chi connectivity index (χ1n) is 5.28. The number of piperidine rings is 1. The van der Waals surface area contributed by atoms with Gasteiger partial charge in [0.25, 0.3) is 0 Å². The fraction of sp³-hybridized carbons (Fsp3) is 0.417. The van der Waals surface area contributed by atoms with E-state index in [1.807, 2.05) is 24.3 Å². The summed E-state index contributed by atoms with van der Waals surface area (Å²) in [7, 11) is 0. The molecule has 0 amide bonds. The molecule has 1 aliphatic heterocycles. The molecule has 1 aromatic carbocycles. The van der Waals surface area contributed by atoms with E-state index < -0.39 is 0 Å². The molecule has 0 aliphatic carbocycles. The standard InChI is InChI=1S/C12H15N3/c1-14-11-4-2-3-5-12(11)15-8-6-10(13)7-9-15/h2-5,10H,6-9,13H2. The summed E-state index contributed by atoms with van der Waals surface area (Å²) in [6.07, 6.45) is 2.04. The van der Waals surface area contributed by atoms with E-state index in [0.717, 1.165) is 37.3 Å². The van der Waals surface area contributed by atoms with Crippen molar-refractivity contribution in [1.29, 1.82) is 0 Å². The predicted octanol–water partition coefficient (Wildman–Crippen LogP) is 2.16. The van der Waals surface area contributed by atoms with Gasteiger partial charge in [0.2, 0.25) is 5.69 Å². The zero-order chi connectivity index (χ0) is 10.7. The van der Waals surface area contributed by atoms with Gasteiger partial charge in [0, 0.05) is 24.8 Å². The van der Waals surface area contributed by atoms with Crippen molar-refractivity contribution in [1.82, 2.24) is 0 Å². The highest BCUT2D eigenvalue weighted by Gasteiger charge is 2.17. The Labute approximate surface area is 90.3 Å². The molecule has 0 saturated carbocycles. The van der Waals surface area contributed by atoms with Gasteiger partial charge in [-0.3, -0.25) is 0 Å². The van der Waals surface area contributed by atoms with Crippen LogP contribution in [0.15, 0.2) is 24.3 Å². The first-order valence-corrected chi connectivity index (χ1v) is 5.28. The van der Waals surface area contributed by atoms with Crippen molar-refractivity contribution in [2.75, 3.05) is 18.0 Å². The number of rotatable bonds is 1. The van der Waals surface area contributed by atoms with E-state index in [2.05, 4.69) is 9.74 Å². The van der Waals surface area contributed by atoms with E-state index in [-0.39, 0.29) is 0 Å². The van der Waals surface area contributed by atoms with Crippen LogP contribution in [-0.2, 0) is 0 Å². The normalized spacial score (nSPS) is 17.5. The van der Waals surface area contributed by atoms with Gasteiger partial charge in [0.15, 0.2) is 0 Å². The predicted molar refractivity (Wildman–Crippen MR) is 62.1 cm³/mol. The summed E-state index contributed by atoms with van der Waals surface area (Å²) in [4.78, 5) is 5.80. The number of hydrogen-bond donors (Lipinski definition) is 1. The van der Waals surface area contributed by atoms with E-state index in [0.29, 0.717) is 6.04 Å². The van der Waals surface area contributed by atoms with E-state index >= 15 is 0 Å². The van der Waals surface area contributed by atoms with Crippen molar-refractivity contribution < 1.29 is 0 Å². The minimum atomic E-state index is 0.335. The van der Waals surface area contributed by atoms with Gasteiger partial charge < -0.3 is 10.6 Å². The molecule has 3 heteroatoms. The van der Waals surface area contributed by atoms with Crippen LogP contribution >= 0.6 is 0 Å². The minimum Gasteiger partial charge on any atom is -0.380 e. The molecule has 78 valence electrons. The fourth-order valence-electron chi connectivity index (χ4n) is 1.97. The highest BCUT2D eigenvalue weighted by atomic mass is 15.1. The number of hydrogen-bond acceptors (Lipinski definition) is 2. The first-order chi connectivity index (χ1) is 7.31. The van der Waals surface area contributed by atoms with Crippen LogP contribution in [0.2, 0.25) is 0 Å². The second-order valence-electron chi connectivity index (χ2n) is 3.92. The van der Waals surface area contributed by atoms with Crippen LogP contribution in [0.25, 0.3) is 4.85 Å². The highest BCUT2D eigenvalue weighted by Crippen LogP contribution is 2.29. The van der Waals surface area contributed by atoms with Crippen molar-refractivity contribution in [3.63, 3.8) is 0 Å². The monoisotopic (exact) mass is 201 g/mol. The van der Waals surface area contributed by atoms with Gasteiger partial charge >= 0.3 is 0 Å². The number of anilines is 1. The third-order valence-corrected chi connectivity index (χ3v) is 2.88. The molecular formula is C12H15N3. The summed E-state index contributed by atoms with van der Waals surface area (Å²) in [5, 5.41) is 0. The molecule has 0 radical (unpaired) electrons. The molecule has 2 N–H and O–H groups in total. The van der Waals surface area contributed by atoms with Crippen molar-refractivity contribution in [2.24, 2.45) is 5.73 Å². The van der Waals surface area contributed by atoms with Crippen molar-refractivity contribution >= 4 is 11.4 Å². The highest BCUT2D eigenvalue weighted by molar-refractivity contribution is 5.70. The van der Waals surface area contributed by atoms with E-state index in [1.165, 1.54) is 0 Å². The first kappa shape index (κ1) is 10.0. The number of nitrogens with zero attached hydrogens (tertiary/aromatic N) is 2.